The predicted molar refractivity (Wildman–Crippen MR) is 78.0 cm³/mol. The summed E-state index contributed by atoms with van der Waals surface area (Å²) in [5.41, 5.74) is -0.114. The van der Waals surface area contributed by atoms with Gasteiger partial charge in [-0.3, -0.25) is 19.7 Å². The van der Waals surface area contributed by atoms with Crippen molar-refractivity contribution >= 4 is 17.6 Å². The van der Waals surface area contributed by atoms with Gasteiger partial charge in [-0.05, 0) is 12.0 Å². The highest BCUT2D eigenvalue weighted by Gasteiger charge is 2.23. The number of nitro benzene ring substituents is 1. The van der Waals surface area contributed by atoms with Gasteiger partial charge in [-0.2, -0.15) is 0 Å². The summed E-state index contributed by atoms with van der Waals surface area (Å²) in [6, 6.07) is 3.70. The molecule has 0 aliphatic rings. The molecule has 0 atom stereocenters. The second-order valence-corrected chi connectivity index (χ2v) is 5.12. The van der Waals surface area contributed by atoms with E-state index in [1.165, 1.54) is 30.2 Å². The number of nitrogens with zero attached hydrogens (tertiary/aromatic N) is 2. The van der Waals surface area contributed by atoms with Crippen LogP contribution in [-0.4, -0.2) is 47.0 Å². The molecule has 8 nitrogen and oxygen atoms in total. The minimum atomic E-state index is -1.12. The number of hydrogen-bond acceptors (Lipinski definition) is 5. The first-order chi connectivity index (χ1) is 10.3. The lowest BCUT2D eigenvalue weighted by Crippen LogP contribution is -2.38. The van der Waals surface area contributed by atoms with Crippen LogP contribution in [0.3, 0.4) is 0 Å². The van der Waals surface area contributed by atoms with Gasteiger partial charge >= 0.3 is 11.7 Å². The van der Waals surface area contributed by atoms with Crippen LogP contribution in [0, 0.1) is 16.0 Å². The minimum absolute atomic E-state index is 0.0457. The summed E-state index contributed by atoms with van der Waals surface area (Å²) in [7, 11) is 1.26. The lowest BCUT2D eigenvalue weighted by atomic mass is 10.1. The highest BCUT2D eigenvalue weighted by Crippen LogP contribution is 2.28. The number of nitro groups is 1. The van der Waals surface area contributed by atoms with Gasteiger partial charge in [0.25, 0.3) is 5.91 Å². The van der Waals surface area contributed by atoms with Gasteiger partial charge in [-0.25, -0.2) is 0 Å². The van der Waals surface area contributed by atoms with Gasteiger partial charge in [0.15, 0.2) is 5.75 Å². The smallest absolute Gasteiger partial charge is 0.323 e. The lowest BCUT2D eigenvalue weighted by molar-refractivity contribution is -0.385. The Morgan fingerprint density at radius 3 is 2.50 bits per heavy atom. The molecule has 0 aromatic heterocycles. The van der Waals surface area contributed by atoms with Crippen molar-refractivity contribution in [1.29, 1.82) is 0 Å². The maximum atomic E-state index is 12.4. The normalized spacial score (nSPS) is 10.4. The maximum absolute atomic E-state index is 12.4. The van der Waals surface area contributed by atoms with E-state index in [4.69, 9.17) is 9.84 Å². The van der Waals surface area contributed by atoms with Crippen molar-refractivity contribution in [2.45, 2.75) is 13.8 Å². The molecule has 0 saturated heterocycles. The van der Waals surface area contributed by atoms with E-state index in [0.717, 1.165) is 0 Å². The van der Waals surface area contributed by atoms with Crippen molar-refractivity contribution < 1.29 is 24.4 Å². The van der Waals surface area contributed by atoms with Crippen LogP contribution in [0.15, 0.2) is 18.2 Å². The number of carbonyl (C=O) groups is 2. The van der Waals surface area contributed by atoms with Crippen molar-refractivity contribution in [3.05, 3.63) is 33.9 Å². The number of rotatable bonds is 7. The largest absolute Gasteiger partial charge is 0.490 e. The number of methoxy groups -OCH3 is 1. The van der Waals surface area contributed by atoms with Crippen LogP contribution in [0.25, 0.3) is 0 Å². The topological polar surface area (TPSA) is 110 Å². The van der Waals surface area contributed by atoms with E-state index in [2.05, 4.69) is 0 Å². The molecule has 1 aromatic rings. The van der Waals surface area contributed by atoms with Crippen molar-refractivity contribution in [1.82, 2.24) is 4.90 Å². The first kappa shape index (κ1) is 17.4. The number of hydrogen-bond donors (Lipinski definition) is 1. The van der Waals surface area contributed by atoms with Crippen LogP contribution in [0.5, 0.6) is 5.75 Å². The lowest BCUT2D eigenvalue weighted by Gasteiger charge is -2.22. The van der Waals surface area contributed by atoms with Crippen LogP contribution in [0.1, 0.15) is 24.2 Å². The highest BCUT2D eigenvalue weighted by atomic mass is 16.6. The number of amides is 1. The van der Waals surface area contributed by atoms with Crippen LogP contribution in [0.4, 0.5) is 5.69 Å². The number of ether oxygens (including phenoxy) is 1. The van der Waals surface area contributed by atoms with E-state index < -0.39 is 23.3 Å². The van der Waals surface area contributed by atoms with Gasteiger partial charge < -0.3 is 14.7 Å². The molecule has 22 heavy (non-hydrogen) atoms. The van der Waals surface area contributed by atoms with E-state index in [1.807, 2.05) is 13.8 Å². The summed E-state index contributed by atoms with van der Waals surface area (Å²) in [4.78, 5) is 34.7. The van der Waals surface area contributed by atoms with Crippen LogP contribution in [-0.2, 0) is 4.79 Å². The molecule has 0 saturated carbocycles. The fraction of sp³-hybridized carbons (Fsp3) is 0.429. The molecule has 1 rings (SSSR count). The molecule has 0 heterocycles. The van der Waals surface area contributed by atoms with E-state index in [-0.39, 0.29) is 29.5 Å². The molecule has 0 bridgehead atoms. The maximum Gasteiger partial charge on any atom is 0.323 e. The Labute approximate surface area is 127 Å². The Bertz CT molecular complexity index is 585. The van der Waals surface area contributed by atoms with Crippen LogP contribution < -0.4 is 4.74 Å². The molecule has 1 N–H and O–H groups in total. The number of aliphatic carboxylic acids is 1. The molecule has 0 aliphatic carbocycles. The standard InChI is InChI=1S/C14H18N2O6/c1-9(2)7-15(8-13(17)18)14(19)10-4-5-11(16(20)21)12(6-10)22-3/h4-6,9H,7-8H2,1-3H3,(H,17,18). The Kier molecular flexibility index (Phi) is 5.85. The second-order valence-electron chi connectivity index (χ2n) is 5.12. The molecule has 0 aliphatic heterocycles. The third-order valence-electron chi connectivity index (χ3n) is 2.82. The molecule has 0 unspecified atom stereocenters. The summed E-state index contributed by atoms with van der Waals surface area (Å²) in [6.45, 7) is 3.55. The molecule has 8 heteroatoms. The van der Waals surface area contributed by atoms with Crippen molar-refractivity contribution in [3.8, 4) is 5.75 Å². The summed E-state index contributed by atoms with van der Waals surface area (Å²) in [6.07, 6.45) is 0. The van der Waals surface area contributed by atoms with Crippen molar-refractivity contribution in [3.63, 3.8) is 0 Å². The zero-order valence-corrected chi connectivity index (χ0v) is 12.6. The van der Waals surface area contributed by atoms with Crippen molar-refractivity contribution in [2.24, 2.45) is 5.92 Å². The average Bonchev–Trinajstić information content (AvgIpc) is 2.43. The summed E-state index contributed by atoms with van der Waals surface area (Å²) in [5, 5.41) is 19.7. The first-order valence-electron chi connectivity index (χ1n) is 6.59. The minimum Gasteiger partial charge on any atom is -0.490 e. The average molecular weight is 310 g/mol. The fourth-order valence-electron chi connectivity index (χ4n) is 1.97. The number of benzene rings is 1. The molecule has 1 amide bonds. The zero-order chi connectivity index (χ0) is 16.9. The molecule has 0 fully saturated rings. The Morgan fingerprint density at radius 2 is 2.05 bits per heavy atom. The highest BCUT2D eigenvalue weighted by molar-refractivity contribution is 5.96. The zero-order valence-electron chi connectivity index (χ0n) is 12.6. The SMILES string of the molecule is COc1cc(C(=O)N(CC(=O)O)CC(C)C)ccc1[N+](=O)[O-]. The first-order valence-corrected chi connectivity index (χ1v) is 6.59. The Balaban J connectivity index is 3.12. The van der Waals surface area contributed by atoms with Gasteiger partial charge in [0.1, 0.15) is 6.54 Å². The summed E-state index contributed by atoms with van der Waals surface area (Å²) < 4.78 is 4.91. The van der Waals surface area contributed by atoms with Gasteiger partial charge in [0.2, 0.25) is 0 Å². The number of carboxylic acids is 1. The molecular formula is C14H18N2O6. The second kappa shape index (κ2) is 7.39. The van der Waals surface area contributed by atoms with E-state index in [9.17, 15) is 19.7 Å². The molecule has 1 aromatic carbocycles. The third kappa shape index (κ3) is 4.44. The monoisotopic (exact) mass is 310 g/mol. The van der Waals surface area contributed by atoms with Gasteiger partial charge in [-0.15, -0.1) is 0 Å². The van der Waals surface area contributed by atoms with Crippen molar-refractivity contribution in [2.75, 3.05) is 20.2 Å². The quantitative estimate of drug-likeness (QED) is 0.607. The van der Waals surface area contributed by atoms with E-state index in [0.29, 0.717) is 0 Å². The predicted octanol–water partition coefficient (Wildman–Crippen LogP) is 1.79. The van der Waals surface area contributed by atoms with Crippen LogP contribution in [0.2, 0.25) is 0 Å². The van der Waals surface area contributed by atoms with E-state index in [1.54, 1.807) is 0 Å². The Morgan fingerprint density at radius 1 is 1.41 bits per heavy atom. The van der Waals surface area contributed by atoms with E-state index >= 15 is 0 Å². The Hall–Kier alpha value is -2.64. The van der Waals surface area contributed by atoms with Gasteiger partial charge in [0, 0.05) is 24.2 Å². The van der Waals surface area contributed by atoms with Crippen LogP contribution >= 0.6 is 0 Å². The number of carbonyl (C=O) groups excluding carboxylic acids is 1. The molecule has 0 radical (unpaired) electrons. The number of carboxylic acid groups (broad SMARTS) is 1. The fourth-order valence-corrected chi connectivity index (χ4v) is 1.97. The molecule has 120 valence electrons. The van der Waals surface area contributed by atoms with Gasteiger partial charge in [0.05, 0.1) is 12.0 Å². The summed E-state index contributed by atoms with van der Waals surface area (Å²) in [5.74, 6) is -1.59. The molecular weight excluding hydrogens is 292 g/mol. The third-order valence-corrected chi connectivity index (χ3v) is 2.82. The van der Waals surface area contributed by atoms with Gasteiger partial charge in [-0.1, -0.05) is 13.8 Å². The summed E-state index contributed by atoms with van der Waals surface area (Å²) >= 11 is 0. The molecule has 0 spiro atoms.